The normalized spacial score (nSPS) is 19.4. The van der Waals surface area contributed by atoms with Gasteiger partial charge in [0.15, 0.2) is 0 Å². The predicted molar refractivity (Wildman–Crippen MR) is 104 cm³/mol. The van der Waals surface area contributed by atoms with E-state index in [2.05, 4.69) is 24.3 Å². The zero-order chi connectivity index (χ0) is 19.0. The highest BCUT2D eigenvalue weighted by Gasteiger charge is 2.33. The number of benzene rings is 2. The van der Waals surface area contributed by atoms with Gasteiger partial charge in [-0.15, -0.1) is 0 Å². The van der Waals surface area contributed by atoms with Gasteiger partial charge in [-0.1, -0.05) is 48.5 Å². The Bertz CT molecular complexity index is 930. The highest BCUT2D eigenvalue weighted by Crippen LogP contribution is 2.44. The Hall–Kier alpha value is -2.05. The molecular formula is C20H20ClNO4S. The van der Waals surface area contributed by atoms with E-state index in [4.69, 9.17) is 15.4 Å². The standard InChI is InChI=1S/C20H20ClNO4S/c21-27(24,25)14-6-5-11-22(12-14)20(23)26-13-19-17-9-3-1-7-15(17)16-8-2-4-10-18(16)19/h1-4,7-10,14,19H,5-6,11-13H2/t14-/m1/s1. The topological polar surface area (TPSA) is 63.7 Å². The number of rotatable bonds is 3. The molecule has 2 aromatic carbocycles. The number of likely N-dealkylation sites (tertiary alicyclic amines) is 1. The number of amides is 1. The Morgan fingerprint density at radius 3 is 2.26 bits per heavy atom. The van der Waals surface area contributed by atoms with Crippen LogP contribution >= 0.6 is 10.7 Å². The molecule has 2 aromatic rings. The molecule has 1 fully saturated rings. The van der Waals surface area contributed by atoms with Gasteiger partial charge >= 0.3 is 6.09 Å². The Morgan fingerprint density at radius 1 is 1.07 bits per heavy atom. The quantitative estimate of drug-likeness (QED) is 0.725. The average molecular weight is 406 g/mol. The Morgan fingerprint density at radius 2 is 1.67 bits per heavy atom. The van der Waals surface area contributed by atoms with Crippen LogP contribution in [0.1, 0.15) is 29.9 Å². The molecule has 0 unspecified atom stereocenters. The van der Waals surface area contributed by atoms with Crippen LogP contribution in [0.15, 0.2) is 48.5 Å². The fraction of sp³-hybridized carbons (Fsp3) is 0.350. The van der Waals surface area contributed by atoms with Crippen molar-refractivity contribution in [3.8, 4) is 11.1 Å². The predicted octanol–water partition coefficient (Wildman–Crippen LogP) is 3.97. The van der Waals surface area contributed by atoms with Crippen LogP contribution in [0.3, 0.4) is 0 Å². The van der Waals surface area contributed by atoms with Crippen molar-refractivity contribution in [2.75, 3.05) is 19.7 Å². The molecule has 0 aromatic heterocycles. The zero-order valence-corrected chi connectivity index (χ0v) is 16.2. The molecule has 1 amide bonds. The smallest absolute Gasteiger partial charge is 0.409 e. The second kappa shape index (κ2) is 7.17. The summed E-state index contributed by atoms with van der Waals surface area (Å²) in [5.74, 6) is -0.0151. The molecule has 1 atom stereocenters. The number of carbonyl (C=O) groups is 1. The zero-order valence-electron chi connectivity index (χ0n) is 14.7. The second-order valence-electron chi connectivity index (χ2n) is 6.99. The summed E-state index contributed by atoms with van der Waals surface area (Å²) in [5, 5.41) is -0.728. The summed E-state index contributed by atoms with van der Waals surface area (Å²) in [6.07, 6.45) is 0.585. The minimum atomic E-state index is -3.68. The third-order valence-corrected chi connectivity index (χ3v) is 7.31. The first-order valence-electron chi connectivity index (χ1n) is 8.98. The maximum Gasteiger partial charge on any atom is 0.409 e. The molecule has 5 nitrogen and oxygen atoms in total. The van der Waals surface area contributed by atoms with E-state index in [9.17, 15) is 13.2 Å². The first-order chi connectivity index (χ1) is 12.9. The fourth-order valence-electron chi connectivity index (χ4n) is 4.02. The average Bonchev–Trinajstić information content (AvgIpc) is 2.99. The van der Waals surface area contributed by atoms with Crippen LogP contribution in [-0.2, 0) is 13.8 Å². The highest BCUT2D eigenvalue weighted by atomic mass is 35.7. The van der Waals surface area contributed by atoms with Crippen molar-refractivity contribution in [3.05, 3.63) is 59.7 Å². The monoisotopic (exact) mass is 405 g/mol. The molecule has 1 saturated heterocycles. The van der Waals surface area contributed by atoms with Gasteiger partial charge < -0.3 is 9.64 Å². The van der Waals surface area contributed by atoms with Crippen molar-refractivity contribution >= 4 is 25.8 Å². The van der Waals surface area contributed by atoms with E-state index in [1.807, 2.05) is 24.3 Å². The first kappa shape index (κ1) is 18.3. The van der Waals surface area contributed by atoms with Crippen molar-refractivity contribution in [2.24, 2.45) is 0 Å². The molecule has 0 saturated carbocycles. The van der Waals surface area contributed by atoms with Gasteiger partial charge in [0, 0.05) is 29.7 Å². The Kier molecular flexibility index (Phi) is 4.86. The number of carbonyl (C=O) groups excluding carboxylic acids is 1. The van der Waals surface area contributed by atoms with Crippen molar-refractivity contribution < 1.29 is 17.9 Å². The molecule has 1 aliphatic heterocycles. The second-order valence-corrected chi connectivity index (χ2v) is 9.90. The summed E-state index contributed by atoms with van der Waals surface area (Å²) < 4.78 is 28.8. The molecular weight excluding hydrogens is 386 g/mol. The molecule has 7 heteroatoms. The third kappa shape index (κ3) is 3.56. The lowest BCUT2D eigenvalue weighted by Crippen LogP contribution is -2.44. The SMILES string of the molecule is O=C(OCC1c2ccccc2-c2ccccc21)N1CCC[C@@H](S(=O)(=O)Cl)C1. The van der Waals surface area contributed by atoms with Gasteiger partial charge in [-0.05, 0) is 35.1 Å². The number of hydrogen-bond donors (Lipinski definition) is 0. The van der Waals surface area contributed by atoms with E-state index < -0.39 is 20.4 Å². The van der Waals surface area contributed by atoms with E-state index in [1.165, 1.54) is 16.0 Å². The summed E-state index contributed by atoms with van der Waals surface area (Å²) in [5.41, 5.74) is 4.62. The number of ether oxygens (including phenoxy) is 1. The van der Waals surface area contributed by atoms with Gasteiger partial charge in [-0.2, -0.15) is 0 Å². The van der Waals surface area contributed by atoms with Gasteiger partial charge in [0.2, 0.25) is 9.05 Å². The largest absolute Gasteiger partial charge is 0.448 e. The highest BCUT2D eigenvalue weighted by molar-refractivity contribution is 8.14. The lowest BCUT2D eigenvalue weighted by atomic mass is 9.98. The van der Waals surface area contributed by atoms with E-state index in [-0.39, 0.29) is 19.1 Å². The maximum absolute atomic E-state index is 12.5. The van der Waals surface area contributed by atoms with Gasteiger partial charge in [0.25, 0.3) is 0 Å². The number of halogens is 1. The summed E-state index contributed by atoms with van der Waals surface area (Å²) in [4.78, 5) is 14.0. The van der Waals surface area contributed by atoms with Gasteiger partial charge in [-0.25, -0.2) is 13.2 Å². The molecule has 2 aliphatic rings. The number of hydrogen-bond acceptors (Lipinski definition) is 4. The van der Waals surface area contributed by atoms with Crippen LogP contribution in [0.25, 0.3) is 11.1 Å². The van der Waals surface area contributed by atoms with Crippen LogP contribution in [0.4, 0.5) is 4.79 Å². The molecule has 0 bridgehead atoms. The first-order valence-corrected chi connectivity index (χ1v) is 11.4. The van der Waals surface area contributed by atoms with Crippen LogP contribution in [0.5, 0.6) is 0 Å². The van der Waals surface area contributed by atoms with Gasteiger partial charge in [0.1, 0.15) is 6.61 Å². The summed E-state index contributed by atoms with van der Waals surface area (Å²) >= 11 is 0. The van der Waals surface area contributed by atoms with Crippen LogP contribution < -0.4 is 0 Å². The van der Waals surface area contributed by atoms with E-state index >= 15 is 0 Å². The van der Waals surface area contributed by atoms with Crippen LogP contribution in [0.2, 0.25) is 0 Å². The van der Waals surface area contributed by atoms with E-state index in [0.29, 0.717) is 19.4 Å². The molecule has 1 aliphatic carbocycles. The van der Waals surface area contributed by atoms with Crippen molar-refractivity contribution in [2.45, 2.75) is 24.0 Å². The number of nitrogens with zero attached hydrogens (tertiary/aromatic N) is 1. The van der Waals surface area contributed by atoms with Crippen LogP contribution in [0, 0.1) is 0 Å². The summed E-state index contributed by atoms with van der Waals surface area (Å²) in [6.45, 7) is 0.795. The summed E-state index contributed by atoms with van der Waals surface area (Å²) in [7, 11) is 1.79. The van der Waals surface area contributed by atoms with Gasteiger partial charge in [-0.3, -0.25) is 0 Å². The fourth-order valence-corrected chi connectivity index (χ4v) is 5.26. The molecule has 4 rings (SSSR count). The van der Waals surface area contributed by atoms with Crippen LogP contribution in [-0.4, -0.2) is 44.4 Å². The lowest BCUT2D eigenvalue weighted by Gasteiger charge is -2.30. The Labute approximate surface area is 163 Å². The van der Waals surface area contributed by atoms with E-state index in [0.717, 1.165) is 11.1 Å². The third-order valence-electron chi connectivity index (χ3n) is 5.37. The van der Waals surface area contributed by atoms with Crippen molar-refractivity contribution in [1.29, 1.82) is 0 Å². The molecule has 0 N–H and O–H groups in total. The molecule has 0 radical (unpaired) electrons. The van der Waals surface area contributed by atoms with Crippen molar-refractivity contribution in [1.82, 2.24) is 4.90 Å². The minimum absolute atomic E-state index is 0.0151. The summed E-state index contributed by atoms with van der Waals surface area (Å²) in [6, 6.07) is 16.3. The van der Waals surface area contributed by atoms with Gasteiger partial charge in [0.05, 0.1) is 5.25 Å². The maximum atomic E-state index is 12.5. The lowest BCUT2D eigenvalue weighted by molar-refractivity contribution is 0.0935. The minimum Gasteiger partial charge on any atom is -0.448 e. The molecule has 27 heavy (non-hydrogen) atoms. The molecule has 142 valence electrons. The number of fused-ring (bicyclic) bond motifs is 3. The molecule has 1 heterocycles. The van der Waals surface area contributed by atoms with Crippen molar-refractivity contribution in [3.63, 3.8) is 0 Å². The Balaban J connectivity index is 1.48. The number of piperidine rings is 1. The molecule has 0 spiro atoms. The van der Waals surface area contributed by atoms with E-state index in [1.54, 1.807) is 0 Å².